The largest absolute Gasteiger partial charge is 0.339 e. The van der Waals surface area contributed by atoms with Crippen molar-refractivity contribution >= 4 is 29.2 Å². The van der Waals surface area contributed by atoms with Gasteiger partial charge < -0.3 is 4.90 Å². The van der Waals surface area contributed by atoms with Crippen LogP contribution in [-0.2, 0) is 0 Å². The van der Waals surface area contributed by atoms with Crippen molar-refractivity contribution in [2.24, 2.45) is 0 Å². The Bertz CT molecular complexity index is 429. The fraction of sp³-hybridized carbons (Fsp3) is 0.750. The molecule has 1 aromatic heterocycles. The molecule has 2 saturated heterocycles. The summed E-state index contributed by atoms with van der Waals surface area (Å²) in [6, 6.07) is 0.606. The number of nitrogens with zero attached hydrogens (tertiary/aromatic N) is 5. The van der Waals surface area contributed by atoms with Crippen molar-refractivity contribution < 1.29 is 0 Å². The van der Waals surface area contributed by atoms with Crippen LogP contribution in [0.3, 0.4) is 0 Å². The lowest BCUT2D eigenvalue weighted by Gasteiger charge is -2.32. The smallest absolute Gasteiger partial charge is 0.231 e. The quantitative estimate of drug-likeness (QED) is 0.838. The van der Waals surface area contributed by atoms with Gasteiger partial charge in [-0.1, -0.05) is 6.42 Å². The van der Waals surface area contributed by atoms with E-state index in [-0.39, 0.29) is 10.6 Å². The first-order valence-corrected chi connectivity index (χ1v) is 7.54. The van der Waals surface area contributed by atoms with Crippen LogP contribution in [0.25, 0.3) is 0 Å². The Morgan fingerprint density at radius 1 is 0.895 bits per heavy atom. The van der Waals surface area contributed by atoms with Gasteiger partial charge in [-0.25, -0.2) is 0 Å². The second-order valence-corrected chi connectivity index (χ2v) is 5.83. The zero-order valence-electron chi connectivity index (χ0n) is 10.7. The van der Waals surface area contributed by atoms with Crippen molar-refractivity contribution in [3.8, 4) is 0 Å². The van der Waals surface area contributed by atoms with E-state index in [0.29, 0.717) is 12.0 Å². The van der Waals surface area contributed by atoms with Crippen molar-refractivity contribution in [3.05, 3.63) is 10.6 Å². The van der Waals surface area contributed by atoms with E-state index in [1.54, 1.807) is 0 Å². The van der Waals surface area contributed by atoms with Crippen molar-refractivity contribution in [2.75, 3.05) is 31.1 Å². The van der Waals surface area contributed by atoms with Crippen LogP contribution in [0.15, 0.2) is 0 Å². The van der Waals surface area contributed by atoms with Crippen LogP contribution in [0.1, 0.15) is 25.7 Å². The summed E-state index contributed by atoms with van der Waals surface area (Å²) in [4.78, 5) is 16.9. The van der Waals surface area contributed by atoms with Crippen LogP contribution < -0.4 is 4.90 Å². The molecule has 0 N–H and O–H groups in total. The lowest BCUT2D eigenvalue weighted by Crippen LogP contribution is -2.41. The van der Waals surface area contributed by atoms with Gasteiger partial charge in [0, 0.05) is 19.1 Å². The molecule has 0 aromatic carbocycles. The summed E-state index contributed by atoms with van der Waals surface area (Å²) < 4.78 is 0. The van der Waals surface area contributed by atoms with Gasteiger partial charge >= 0.3 is 0 Å². The topological polar surface area (TPSA) is 45.2 Å². The first-order valence-electron chi connectivity index (χ1n) is 6.78. The first-order chi connectivity index (χ1) is 9.22. The standard InChI is InChI=1S/C12H17Cl2N5/c13-10-15-11(14)17-12(16-10)19-7-4-9(8-19)18-5-2-1-3-6-18/h9H,1-8H2. The van der Waals surface area contributed by atoms with Crippen LogP contribution >= 0.6 is 23.2 Å². The van der Waals surface area contributed by atoms with Crippen LogP contribution in [-0.4, -0.2) is 52.1 Å². The maximum absolute atomic E-state index is 5.83. The Balaban J connectivity index is 1.67. The summed E-state index contributed by atoms with van der Waals surface area (Å²) in [6.07, 6.45) is 5.16. The lowest BCUT2D eigenvalue weighted by atomic mass is 10.1. The molecule has 1 unspecified atom stereocenters. The molecule has 5 nitrogen and oxygen atoms in total. The van der Waals surface area contributed by atoms with Gasteiger partial charge in [0.1, 0.15) is 0 Å². The number of piperidine rings is 1. The molecule has 1 atom stereocenters. The summed E-state index contributed by atoms with van der Waals surface area (Å²) in [6.45, 7) is 4.35. The van der Waals surface area contributed by atoms with Gasteiger partial charge in [-0.05, 0) is 55.6 Å². The molecule has 0 spiro atoms. The average Bonchev–Trinajstić information content (AvgIpc) is 2.88. The Kier molecular flexibility index (Phi) is 4.05. The molecule has 2 aliphatic heterocycles. The van der Waals surface area contributed by atoms with E-state index in [9.17, 15) is 0 Å². The average molecular weight is 302 g/mol. The number of halogens is 2. The van der Waals surface area contributed by atoms with E-state index in [2.05, 4.69) is 24.8 Å². The van der Waals surface area contributed by atoms with Crippen LogP contribution in [0, 0.1) is 0 Å². The van der Waals surface area contributed by atoms with E-state index in [1.165, 1.54) is 32.4 Å². The third-order valence-corrected chi connectivity index (χ3v) is 4.26. The number of rotatable bonds is 2. The van der Waals surface area contributed by atoms with Gasteiger partial charge in [0.25, 0.3) is 0 Å². The van der Waals surface area contributed by atoms with E-state index in [4.69, 9.17) is 23.2 Å². The number of aromatic nitrogens is 3. The molecule has 104 valence electrons. The maximum Gasteiger partial charge on any atom is 0.231 e. The van der Waals surface area contributed by atoms with Crippen molar-refractivity contribution in [3.63, 3.8) is 0 Å². The van der Waals surface area contributed by atoms with Crippen molar-refractivity contribution in [1.82, 2.24) is 19.9 Å². The van der Waals surface area contributed by atoms with Gasteiger partial charge in [0.05, 0.1) is 0 Å². The molecule has 1 aromatic rings. The zero-order valence-corrected chi connectivity index (χ0v) is 12.2. The molecule has 3 heterocycles. The molecule has 0 radical (unpaired) electrons. The van der Waals surface area contributed by atoms with Gasteiger partial charge in [-0.15, -0.1) is 0 Å². The molecular weight excluding hydrogens is 285 g/mol. The predicted octanol–water partition coefficient (Wildman–Crippen LogP) is 2.24. The third-order valence-electron chi connectivity index (χ3n) is 3.92. The molecule has 19 heavy (non-hydrogen) atoms. The van der Waals surface area contributed by atoms with E-state index in [0.717, 1.165) is 19.5 Å². The summed E-state index contributed by atoms with van der Waals surface area (Å²) in [7, 11) is 0. The summed E-state index contributed by atoms with van der Waals surface area (Å²) in [5.74, 6) is 0.601. The predicted molar refractivity (Wildman–Crippen MR) is 75.9 cm³/mol. The zero-order chi connectivity index (χ0) is 13.2. The highest BCUT2D eigenvalue weighted by atomic mass is 35.5. The van der Waals surface area contributed by atoms with Crippen LogP contribution in [0.2, 0.25) is 10.6 Å². The molecule has 7 heteroatoms. The fourth-order valence-electron chi connectivity index (χ4n) is 2.96. The Morgan fingerprint density at radius 3 is 2.26 bits per heavy atom. The van der Waals surface area contributed by atoms with Crippen LogP contribution in [0.5, 0.6) is 0 Å². The molecule has 3 rings (SSSR count). The minimum atomic E-state index is 0.163. The molecule has 2 aliphatic rings. The van der Waals surface area contributed by atoms with E-state index >= 15 is 0 Å². The number of hydrogen-bond donors (Lipinski definition) is 0. The minimum absolute atomic E-state index is 0.163. The highest BCUT2D eigenvalue weighted by Gasteiger charge is 2.30. The van der Waals surface area contributed by atoms with Crippen molar-refractivity contribution in [1.29, 1.82) is 0 Å². The summed E-state index contributed by atoms with van der Waals surface area (Å²) >= 11 is 11.7. The fourth-order valence-corrected chi connectivity index (χ4v) is 3.32. The Hall–Kier alpha value is -0.650. The minimum Gasteiger partial charge on any atom is -0.339 e. The molecular formula is C12H17Cl2N5. The Labute approximate surface area is 122 Å². The number of likely N-dealkylation sites (tertiary alicyclic amines) is 1. The van der Waals surface area contributed by atoms with E-state index < -0.39 is 0 Å². The molecule has 0 amide bonds. The summed E-state index contributed by atoms with van der Waals surface area (Å²) in [5, 5.41) is 0.327. The normalized spacial score (nSPS) is 24.9. The number of hydrogen-bond acceptors (Lipinski definition) is 5. The SMILES string of the molecule is Clc1nc(Cl)nc(N2CCC(N3CCCCC3)C2)n1. The van der Waals surface area contributed by atoms with Gasteiger partial charge in [-0.2, -0.15) is 15.0 Å². The van der Waals surface area contributed by atoms with Gasteiger partial charge in [-0.3, -0.25) is 4.90 Å². The monoisotopic (exact) mass is 301 g/mol. The number of anilines is 1. The second-order valence-electron chi connectivity index (χ2n) is 5.16. The highest BCUT2D eigenvalue weighted by molar-refractivity contribution is 6.31. The highest BCUT2D eigenvalue weighted by Crippen LogP contribution is 2.24. The Morgan fingerprint density at radius 2 is 1.58 bits per heavy atom. The van der Waals surface area contributed by atoms with E-state index in [1.807, 2.05) is 0 Å². The second kappa shape index (κ2) is 5.77. The van der Waals surface area contributed by atoms with Gasteiger partial charge in [0.15, 0.2) is 0 Å². The molecule has 0 saturated carbocycles. The molecule has 0 aliphatic carbocycles. The molecule has 2 fully saturated rings. The maximum atomic E-state index is 5.83. The molecule has 0 bridgehead atoms. The first kappa shape index (κ1) is 13.3. The third kappa shape index (κ3) is 3.09. The van der Waals surface area contributed by atoms with Crippen LogP contribution in [0.4, 0.5) is 5.95 Å². The van der Waals surface area contributed by atoms with Gasteiger partial charge in [0.2, 0.25) is 16.5 Å². The summed E-state index contributed by atoms with van der Waals surface area (Å²) in [5.41, 5.74) is 0. The lowest BCUT2D eigenvalue weighted by molar-refractivity contribution is 0.174. The van der Waals surface area contributed by atoms with Crippen molar-refractivity contribution in [2.45, 2.75) is 31.7 Å².